The van der Waals surface area contributed by atoms with Crippen molar-refractivity contribution in [2.24, 2.45) is 0 Å². The Labute approximate surface area is 112 Å². The molecule has 0 aliphatic heterocycles. The standard InChI is InChI=1S/C10H15NO6S2/c1-2-11-9-3-5-10(6-4-9)18(12,13)8-7-17-19(14,15)16/h3-6,11H,2,7-8H2,1H3,(H,14,15,16). The Morgan fingerprint density at radius 1 is 1.16 bits per heavy atom. The van der Waals surface area contributed by atoms with E-state index in [-0.39, 0.29) is 4.90 Å². The minimum atomic E-state index is -4.62. The number of sulfone groups is 1. The largest absolute Gasteiger partial charge is 0.397 e. The van der Waals surface area contributed by atoms with E-state index in [4.69, 9.17) is 4.55 Å². The van der Waals surface area contributed by atoms with E-state index >= 15 is 0 Å². The van der Waals surface area contributed by atoms with Crippen molar-refractivity contribution in [3.05, 3.63) is 24.3 Å². The van der Waals surface area contributed by atoms with Gasteiger partial charge in [-0.25, -0.2) is 12.6 Å². The lowest BCUT2D eigenvalue weighted by Gasteiger charge is -2.06. The third kappa shape index (κ3) is 5.55. The quantitative estimate of drug-likeness (QED) is 0.714. The molecule has 7 nitrogen and oxygen atoms in total. The first kappa shape index (κ1) is 15.9. The molecule has 0 bridgehead atoms. The predicted molar refractivity (Wildman–Crippen MR) is 70.2 cm³/mol. The molecule has 1 aromatic carbocycles. The van der Waals surface area contributed by atoms with Gasteiger partial charge in [0.2, 0.25) is 0 Å². The summed E-state index contributed by atoms with van der Waals surface area (Å²) in [5, 5.41) is 3.02. The topological polar surface area (TPSA) is 110 Å². The third-order valence-corrected chi connectivity index (χ3v) is 4.34. The summed E-state index contributed by atoms with van der Waals surface area (Å²) in [5.41, 5.74) is 0.788. The molecule has 0 spiro atoms. The Morgan fingerprint density at radius 2 is 1.74 bits per heavy atom. The second kappa shape index (κ2) is 6.33. The molecule has 0 saturated heterocycles. The van der Waals surface area contributed by atoms with E-state index in [9.17, 15) is 16.8 Å². The molecule has 0 saturated carbocycles. The average molecular weight is 309 g/mol. The van der Waals surface area contributed by atoms with Crippen LogP contribution in [0.1, 0.15) is 6.92 Å². The van der Waals surface area contributed by atoms with Crippen molar-refractivity contribution >= 4 is 25.9 Å². The smallest absolute Gasteiger partial charge is 0.385 e. The van der Waals surface area contributed by atoms with Gasteiger partial charge in [0.05, 0.1) is 17.3 Å². The summed E-state index contributed by atoms with van der Waals surface area (Å²) in [6.45, 7) is 2.00. The molecular weight excluding hydrogens is 294 g/mol. The van der Waals surface area contributed by atoms with Crippen LogP contribution in [0, 0.1) is 0 Å². The van der Waals surface area contributed by atoms with Crippen LogP contribution in [0.3, 0.4) is 0 Å². The molecule has 1 aromatic rings. The van der Waals surface area contributed by atoms with Gasteiger partial charge < -0.3 is 5.32 Å². The van der Waals surface area contributed by atoms with E-state index in [0.717, 1.165) is 5.69 Å². The zero-order valence-electron chi connectivity index (χ0n) is 10.2. The highest BCUT2D eigenvalue weighted by Gasteiger charge is 2.16. The Balaban J connectivity index is 2.72. The lowest BCUT2D eigenvalue weighted by molar-refractivity contribution is 0.284. The fraction of sp³-hybridized carbons (Fsp3) is 0.400. The van der Waals surface area contributed by atoms with Gasteiger partial charge in [-0.1, -0.05) is 0 Å². The molecule has 0 aliphatic rings. The van der Waals surface area contributed by atoms with E-state index in [1.54, 1.807) is 12.1 Å². The second-order valence-electron chi connectivity index (χ2n) is 3.62. The third-order valence-electron chi connectivity index (χ3n) is 2.18. The number of anilines is 1. The number of benzene rings is 1. The van der Waals surface area contributed by atoms with Crippen LogP contribution in [0.5, 0.6) is 0 Å². The minimum Gasteiger partial charge on any atom is -0.385 e. The van der Waals surface area contributed by atoms with E-state index in [1.165, 1.54) is 12.1 Å². The maximum absolute atomic E-state index is 11.8. The molecule has 0 fully saturated rings. The average Bonchev–Trinajstić information content (AvgIpc) is 2.28. The molecular formula is C10H15NO6S2. The van der Waals surface area contributed by atoms with Crippen molar-refractivity contribution < 1.29 is 25.6 Å². The Bertz CT molecular complexity index is 606. The first-order chi connectivity index (χ1) is 8.74. The summed E-state index contributed by atoms with van der Waals surface area (Å²) in [6.07, 6.45) is 0. The number of nitrogens with one attached hydrogen (secondary N) is 1. The van der Waals surface area contributed by atoms with Gasteiger partial charge in [0, 0.05) is 12.2 Å². The lowest BCUT2D eigenvalue weighted by Crippen LogP contribution is -2.15. The molecule has 9 heteroatoms. The minimum absolute atomic E-state index is 0.0630. The first-order valence-electron chi connectivity index (χ1n) is 5.43. The Hall–Kier alpha value is -1.16. The summed E-state index contributed by atoms with van der Waals surface area (Å²) in [5.74, 6) is -0.534. The van der Waals surface area contributed by atoms with Crippen molar-refractivity contribution in [3.8, 4) is 0 Å². The van der Waals surface area contributed by atoms with E-state index in [0.29, 0.717) is 6.54 Å². The normalized spacial score (nSPS) is 12.3. The van der Waals surface area contributed by atoms with Crippen molar-refractivity contribution in [2.45, 2.75) is 11.8 Å². The molecule has 108 valence electrons. The van der Waals surface area contributed by atoms with Crippen LogP contribution in [0.25, 0.3) is 0 Å². The lowest BCUT2D eigenvalue weighted by atomic mass is 10.3. The molecule has 0 aliphatic carbocycles. The van der Waals surface area contributed by atoms with Crippen molar-refractivity contribution in [3.63, 3.8) is 0 Å². The Kier molecular flexibility index (Phi) is 5.29. The summed E-state index contributed by atoms with van der Waals surface area (Å²) in [6, 6.07) is 6.06. The maximum atomic E-state index is 11.8. The van der Waals surface area contributed by atoms with Crippen molar-refractivity contribution in [1.29, 1.82) is 0 Å². The molecule has 0 aromatic heterocycles. The summed E-state index contributed by atoms with van der Waals surface area (Å²) in [7, 11) is -8.26. The van der Waals surface area contributed by atoms with Crippen molar-refractivity contribution in [2.75, 3.05) is 24.2 Å². The fourth-order valence-electron chi connectivity index (χ4n) is 1.35. The van der Waals surface area contributed by atoms with Crippen LogP contribution in [0.4, 0.5) is 5.69 Å². The summed E-state index contributed by atoms with van der Waals surface area (Å²) in [4.78, 5) is 0.0630. The van der Waals surface area contributed by atoms with Gasteiger partial charge in [-0.15, -0.1) is 0 Å². The van der Waals surface area contributed by atoms with Crippen LogP contribution in [-0.4, -0.2) is 40.3 Å². The van der Waals surface area contributed by atoms with Crippen molar-refractivity contribution in [1.82, 2.24) is 0 Å². The summed E-state index contributed by atoms with van der Waals surface area (Å²) < 4.78 is 56.5. The van der Waals surface area contributed by atoms with Crippen LogP contribution in [-0.2, 0) is 24.4 Å². The highest BCUT2D eigenvalue weighted by atomic mass is 32.3. The highest BCUT2D eigenvalue weighted by Crippen LogP contribution is 2.15. The second-order valence-corrected chi connectivity index (χ2v) is 6.82. The number of hydrogen-bond acceptors (Lipinski definition) is 6. The molecule has 0 heterocycles. The summed E-state index contributed by atoms with van der Waals surface area (Å²) >= 11 is 0. The monoisotopic (exact) mass is 309 g/mol. The SMILES string of the molecule is CCNc1ccc(S(=O)(=O)CCOS(=O)(=O)O)cc1. The van der Waals surface area contributed by atoms with Crippen LogP contribution >= 0.6 is 0 Å². The van der Waals surface area contributed by atoms with E-state index < -0.39 is 32.6 Å². The van der Waals surface area contributed by atoms with Crippen LogP contribution in [0.2, 0.25) is 0 Å². The molecule has 2 N–H and O–H groups in total. The molecule has 0 amide bonds. The number of rotatable bonds is 7. The number of hydrogen-bond donors (Lipinski definition) is 2. The molecule has 0 radical (unpaired) electrons. The molecule has 0 atom stereocenters. The Morgan fingerprint density at radius 3 is 2.21 bits per heavy atom. The van der Waals surface area contributed by atoms with E-state index in [2.05, 4.69) is 9.50 Å². The van der Waals surface area contributed by atoms with Crippen LogP contribution in [0.15, 0.2) is 29.2 Å². The van der Waals surface area contributed by atoms with Gasteiger partial charge in [0.1, 0.15) is 0 Å². The highest BCUT2D eigenvalue weighted by molar-refractivity contribution is 7.91. The fourth-order valence-corrected chi connectivity index (χ4v) is 2.84. The van der Waals surface area contributed by atoms with Gasteiger partial charge in [0.15, 0.2) is 9.84 Å². The van der Waals surface area contributed by atoms with Gasteiger partial charge in [0.25, 0.3) is 0 Å². The van der Waals surface area contributed by atoms with Crippen LogP contribution < -0.4 is 5.32 Å². The predicted octanol–water partition coefficient (Wildman–Crippen LogP) is 0.711. The maximum Gasteiger partial charge on any atom is 0.397 e. The first-order valence-corrected chi connectivity index (χ1v) is 8.45. The van der Waals surface area contributed by atoms with Gasteiger partial charge in [-0.2, -0.15) is 8.42 Å². The zero-order valence-corrected chi connectivity index (χ0v) is 11.9. The van der Waals surface area contributed by atoms with Gasteiger partial charge in [-0.05, 0) is 31.2 Å². The van der Waals surface area contributed by atoms with Gasteiger partial charge >= 0.3 is 10.4 Å². The zero-order chi connectivity index (χ0) is 14.5. The molecule has 0 unspecified atom stereocenters. The molecule has 1 rings (SSSR count). The molecule has 19 heavy (non-hydrogen) atoms. The van der Waals surface area contributed by atoms with Gasteiger partial charge in [-0.3, -0.25) is 4.55 Å². The van der Waals surface area contributed by atoms with E-state index in [1.807, 2.05) is 6.92 Å².